The zero-order valence-electron chi connectivity index (χ0n) is 15.8. The van der Waals surface area contributed by atoms with Gasteiger partial charge in [0.25, 0.3) is 0 Å². The number of rotatable bonds is 3. The van der Waals surface area contributed by atoms with Gasteiger partial charge in [0.1, 0.15) is 5.82 Å². The van der Waals surface area contributed by atoms with E-state index in [0.29, 0.717) is 16.9 Å². The van der Waals surface area contributed by atoms with Gasteiger partial charge in [-0.1, -0.05) is 11.6 Å². The minimum atomic E-state index is -0.0328. The van der Waals surface area contributed by atoms with Gasteiger partial charge in [0.05, 0.1) is 10.6 Å². The van der Waals surface area contributed by atoms with E-state index in [1.807, 2.05) is 24.0 Å². The van der Waals surface area contributed by atoms with Crippen LogP contribution in [0.3, 0.4) is 0 Å². The molecule has 0 aliphatic heterocycles. The number of aromatic nitrogens is 7. The maximum atomic E-state index is 6.47. The first-order chi connectivity index (χ1) is 13.6. The second-order valence-electron chi connectivity index (χ2n) is 9.01. The van der Waals surface area contributed by atoms with Gasteiger partial charge in [0.15, 0.2) is 5.82 Å². The minimum Gasteiger partial charge on any atom is -0.325 e. The Balaban J connectivity index is 1.49. The fourth-order valence-corrected chi connectivity index (χ4v) is 6.81. The van der Waals surface area contributed by atoms with Gasteiger partial charge in [-0.2, -0.15) is 4.80 Å². The largest absolute Gasteiger partial charge is 0.325 e. The van der Waals surface area contributed by atoms with E-state index >= 15 is 0 Å². The zero-order valence-corrected chi connectivity index (χ0v) is 16.5. The Labute approximate surface area is 168 Å². The van der Waals surface area contributed by atoms with Crippen molar-refractivity contribution in [3.8, 4) is 11.4 Å². The molecule has 4 saturated carbocycles. The molecule has 4 bridgehead atoms. The number of nitrogens with zero attached hydrogens (tertiary/aromatic N) is 7. The van der Waals surface area contributed by atoms with Crippen LogP contribution in [-0.4, -0.2) is 34.7 Å². The van der Waals surface area contributed by atoms with Crippen LogP contribution in [0.4, 0.5) is 0 Å². The second kappa shape index (κ2) is 5.63. The molecule has 0 spiro atoms. The third kappa shape index (κ3) is 2.25. The SMILES string of the molecule is Cc1nnn(C23CC4CC(C2)CC(n2ccnc2-c2ccncc2Cl)(C4)C3)n1. The van der Waals surface area contributed by atoms with Crippen molar-refractivity contribution in [1.82, 2.24) is 34.7 Å². The summed E-state index contributed by atoms with van der Waals surface area (Å²) in [7, 11) is 0. The third-order valence-corrected chi connectivity index (χ3v) is 7.40. The molecule has 0 radical (unpaired) electrons. The average Bonchev–Trinajstić information content (AvgIpc) is 3.31. The number of pyridine rings is 1. The summed E-state index contributed by atoms with van der Waals surface area (Å²) in [5.41, 5.74) is 0.945. The molecule has 28 heavy (non-hydrogen) atoms. The average molecular weight is 396 g/mol. The molecule has 0 saturated heterocycles. The molecule has 144 valence electrons. The van der Waals surface area contributed by atoms with Gasteiger partial charge in [-0.05, 0) is 68.6 Å². The molecule has 4 fully saturated rings. The molecule has 3 heterocycles. The van der Waals surface area contributed by atoms with E-state index in [-0.39, 0.29) is 11.1 Å². The fourth-order valence-electron chi connectivity index (χ4n) is 6.61. The van der Waals surface area contributed by atoms with Crippen molar-refractivity contribution in [2.24, 2.45) is 11.8 Å². The number of halogens is 1. The normalized spacial score (nSPS) is 33.5. The first-order valence-electron chi connectivity index (χ1n) is 9.98. The molecule has 0 amide bonds. The fraction of sp³-hybridized carbons (Fsp3) is 0.550. The highest BCUT2D eigenvalue weighted by atomic mass is 35.5. The molecule has 8 heteroatoms. The Bertz CT molecular complexity index is 1040. The molecule has 3 aromatic rings. The van der Waals surface area contributed by atoms with Crippen molar-refractivity contribution in [1.29, 1.82) is 0 Å². The lowest BCUT2D eigenvalue weighted by molar-refractivity contribution is -0.103. The van der Waals surface area contributed by atoms with E-state index in [0.717, 1.165) is 36.5 Å². The third-order valence-electron chi connectivity index (χ3n) is 7.10. The van der Waals surface area contributed by atoms with E-state index in [1.165, 1.54) is 19.3 Å². The minimum absolute atomic E-state index is 0.0318. The van der Waals surface area contributed by atoms with E-state index in [9.17, 15) is 0 Å². The van der Waals surface area contributed by atoms with Gasteiger partial charge in [-0.15, -0.1) is 10.2 Å². The lowest BCUT2D eigenvalue weighted by Gasteiger charge is -2.61. The van der Waals surface area contributed by atoms with Crippen LogP contribution in [0.2, 0.25) is 5.02 Å². The Morgan fingerprint density at radius 2 is 1.89 bits per heavy atom. The van der Waals surface area contributed by atoms with Crippen LogP contribution in [0.15, 0.2) is 30.9 Å². The maximum absolute atomic E-state index is 6.47. The summed E-state index contributed by atoms with van der Waals surface area (Å²) in [6.45, 7) is 1.92. The highest BCUT2D eigenvalue weighted by Crippen LogP contribution is 2.63. The van der Waals surface area contributed by atoms with Crippen LogP contribution in [0.25, 0.3) is 11.4 Å². The van der Waals surface area contributed by atoms with Crippen LogP contribution >= 0.6 is 11.6 Å². The van der Waals surface area contributed by atoms with Crippen LogP contribution in [-0.2, 0) is 11.1 Å². The van der Waals surface area contributed by atoms with Gasteiger partial charge in [0, 0.05) is 35.9 Å². The molecular formula is C20H22ClN7. The number of hydrogen-bond acceptors (Lipinski definition) is 5. The molecule has 7 rings (SSSR count). The van der Waals surface area contributed by atoms with Gasteiger partial charge >= 0.3 is 0 Å². The molecule has 4 aliphatic rings. The molecule has 2 unspecified atom stereocenters. The first kappa shape index (κ1) is 16.7. The summed E-state index contributed by atoms with van der Waals surface area (Å²) >= 11 is 6.47. The molecule has 4 aliphatic carbocycles. The Morgan fingerprint density at radius 3 is 2.61 bits per heavy atom. The van der Waals surface area contributed by atoms with E-state index in [1.54, 1.807) is 12.4 Å². The van der Waals surface area contributed by atoms with Crippen molar-refractivity contribution in [2.45, 2.75) is 56.5 Å². The number of hydrogen-bond donors (Lipinski definition) is 0. The summed E-state index contributed by atoms with van der Waals surface area (Å²) in [5, 5.41) is 13.9. The van der Waals surface area contributed by atoms with E-state index in [2.05, 4.69) is 31.2 Å². The predicted octanol–water partition coefficient (Wildman–Crippen LogP) is 3.60. The van der Waals surface area contributed by atoms with Crippen LogP contribution in [0, 0.1) is 18.8 Å². The van der Waals surface area contributed by atoms with Gasteiger partial charge < -0.3 is 4.57 Å². The number of tetrazole rings is 1. The quantitative estimate of drug-likeness (QED) is 0.677. The van der Waals surface area contributed by atoms with Gasteiger partial charge in [-0.25, -0.2) is 4.98 Å². The topological polar surface area (TPSA) is 74.3 Å². The van der Waals surface area contributed by atoms with Crippen molar-refractivity contribution in [3.63, 3.8) is 0 Å². The van der Waals surface area contributed by atoms with E-state index < -0.39 is 0 Å². The molecule has 7 nitrogen and oxygen atoms in total. The lowest BCUT2D eigenvalue weighted by atomic mass is 9.50. The second-order valence-corrected chi connectivity index (χ2v) is 9.42. The van der Waals surface area contributed by atoms with Crippen molar-refractivity contribution in [2.75, 3.05) is 0 Å². The summed E-state index contributed by atoms with van der Waals surface area (Å²) < 4.78 is 2.39. The monoisotopic (exact) mass is 395 g/mol. The smallest absolute Gasteiger partial charge is 0.171 e. The molecule has 3 aromatic heterocycles. The highest BCUT2D eigenvalue weighted by Gasteiger charge is 2.60. The first-order valence-corrected chi connectivity index (χ1v) is 10.4. The zero-order chi connectivity index (χ0) is 18.9. The number of imidazole rings is 1. The predicted molar refractivity (Wildman–Crippen MR) is 104 cm³/mol. The molecule has 0 aromatic carbocycles. The Hall–Kier alpha value is -2.28. The summed E-state index contributed by atoms with van der Waals surface area (Å²) in [4.78, 5) is 10.8. The Morgan fingerprint density at radius 1 is 1.11 bits per heavy atom. The summed E-state index contributed by atoms with van der Waals surface area (Å²) in [6.07, 6.45) is 14.5. The van der Waals surface area contributed by atoms with Crippen LogP contribution in [0.5, 0.6) is 0 Å². The maximum Gasteiger partial charge on any atom is 0.171 e. The van der Waals surface area contributed by atoms with Gasteiger partial charge in [-0.3, -0.25) is 4.98 Å². The molecule has 0 N–H and O–H groups in total. The standard InChI is InChI=1S/C20H22ClN7/c1-13-24-26-28(25-13)20-9-14-6-15(10-20)8-19(7-14,12-20)27-5-4-23-18(27)16-2-3-22-11-17(16)21/h2-5,11,14-15H,6-10,12H2,1H3. The number of aryl methyl sites for hydroxylation is 1. The molecular weight excluding hydrogens is 374 g/mol. The van der Waals surface area contributed by atoms with Crippen LogP contribution in [0.1, 0.15) is 44.3 Å². The highest BCUT2D eigenvalue weighted by molar-refractivity contribution is 6.33. The summed E-state index contributed by atoms with van der Waals surface area (Å²) in [6, 6.07) is 1.96. The van der Waals surface area contributed by atoms with E-state index in [4.69, 9.17) is 16.6 Å². The van der Waals surface area contributed by atoms with Crippen LogP contribution < -0.4 is 0 Å². The van der Waals surface area contributed by atoms with Crippen molar-refractivity contribution < 1.29 is 0 Å². The molecule has 2 atom stereocenters. The summed E-state index contributed by atoms with van der Waals surface area (Å²) in [5.74, 6) is 3.07. The Kier molecular flexibility index (Phi) is 3.35. The lowest BCUT2D eigenvalue weighted by Crippen LogP contribution is -2.60. The van der Waals surface area contributed by atoms with Gasteiger partial charge in [0.2, 0.25) is 0 Å². The van der Waals surface area contributed by atoms with Crippen molar-refractivity contribution in [3.05, 3.63) is 41.7 Å². The van der Waals surface area contributed by atoms with Crippen molar-refractivity contribution >= 4 is 11.6 Å².